The number of benzene rings is 3. The van der Waals surface area contributed by atoms with Gasteiger partial charge in [0.25, 0.3) is 0 Å². The molecule has 12 heteroatoms. The highest BCUT2D eigenvalue weighted by Gasteiger charge is 2.50. The van der Waals surface area contributed by atoms with Crippen LogP contribution >= 0.6 is 0 Å². The molecule has 1 saturated carbocycles. The minimum atomic E-state index is -0.601. The normalized spacial score (nSPS) is 18.1. The van der Waals surface area contributed by atoms with E-state index in [-0.39, 0.29) is 23.9 Å². The molecule has 3 unspecified atom stereocenters. The van der Waals surface area contributed by atoms with Gasteiger partial charge in [-0.25, -0.2) is 9.78 Å². The van der Waals surface area contributed by atoms with Crippen molar-refractivity contribution in [2.75, 3.05) is 19.0 Å². The summed E-state index contributed by atoms with van der Waals surface area (Å²) in [6, 6.07) is 22.5. The van der Waals surface area contributed by atoms with E-state index < -0.39 is 5.60 Å². The van der Waals surface area contributed by atoms with Crippen LogP contribution in [-0.2, 0) is 18.3 Å². The lowest BCUT2D eigenvalue weighted by Gasteiger charge is -2.35. The van der Waals surface area contributed by atoms with Gasteiger partial charge in [0.1, 0.15) is 40.1 Å². The number of para-hydroxylation sites is 1. The fourth-order valence-electron chi connectivity index (χ4n) is 7.67. The predicted molar refractivity (Wildman–Crippen MR) is 202 cm³/mol. The minimum Gasteiger partial charge on any atom is -0.508 e. The number of fused-ring (bicyclic) bond motifs is 3. The van der Waals surface area contributed by atoms with E-state index in [9.17, 15) is 9.90 Å². The molecule has 1 aliphatic carbocycles. The number of hydrogen-bond acceptors (Lipinski definition) is 9. The number of aromatic hydroxyl groups is 1. The monoisotopic (exact) mass is 713 g/mol. The van der Waals surface area contributed by atoms with Crippen LogP contribution in [0.25, 0.3) is 33.3 Å². The summed E-state index contributed by atoms with van der Waals surface area (Å²) in [5.41, 5.74) is 4.57. The van der Waals surface area contributed by atoms with Crippen LogP contribution in [0.1, 0.15) is 45.2 Å². The molecule has 53 heavy (non-hydrogen) atoms. The summed E-state index contributed by atoms with van der Waals surface area (Å²) in [6.45, 7) is 6.75. The van der Waals surface area contributed by atoms with Crippen LogP contribution in [0.3, 0.4) is 0 Å². The van der Waals surface area contributed by atoms with Crippen LogP contribution in [0.15, 0.2) is 91.4 Å². The highest BCUT2D eigenvalue weighted by molar-refractivity contribution is 6.07. The predicted octanol–water partition coefficient (Wildman–Crippen LogP) is 8.19. The zero-order valence-electron chi connectivity index (χ0n) is 30.5. The molecule has 0 spiro atoms. The van der Waals surface area contributed by atoms with Crippen molar-refractivity contribution in [2.24, 2.45) is 13.0 Å². The average Bonchev–Trinajstić information content (AvgIpc) is 3.95. The number of phenolic OH excluding ortho intramolecular Hbond substituents is 1. The van der Waals surface area contributed by atoms with E-state index in [0.717, 1.165) is 57.4 Å². The van der Waals surface area contributed by atoms with E-state index in [1.54, 1.807) is 23.9 Å². The van der Waals surface area contributed by atoms with Crippen LogP contribution in [0.5, 0.6) is 23.0 Å². The van der Waals surface area contributed by atoms with Gasteiger partial charge < -0.3 is 29.5 Å². The van der Waals surface area contributed by atoms with Gasteiger partial charge in [-0.3, -0.25) is 9.36 Å². The smallest absolute Gasteiger partial charge is 0.410 e. The van der Waals surface area contributed by atoms with Gasteiger partial charge in [0.05, 0.1) is 36.3 Å². The number of aromatic nitrogens is 5. The number of ether oxygens (including phenoxy) is 3. The number of methoxy groups -OCH3 is 1. The molecule has 0 radical (unpaired) electrons. The highest BCUT2D eigenvalue weighted by Crippen LogP contribution is 2.48. The summed E-state index contributed by atoms with van der Waals surface area (Å²) in [4.78, 5) is 20.4. The summed E-state index contributed by atoms with van der Waals surface area (Å²) in [6.07, 6.45) is 7.15. The van der Waals surface area contributed by atoms with Crippen molar-refractivity contribution >= 4 is 22.8 Å². The molecule has 2 bridgehead atoms. The molecular weight excluding hydrogens is 670 g/mol. The van der Waals surface area contributed by atoms with Gasteiger partial charge in [-0.15, -0.1) is 0 Å². The minimum absolute atomic E-state index is 0.0833. The molecule has 3 aromatic carbocycles. The summed E-state index contributed by atoms with van der Waals surface area (Å²) in [7, 11) is 3.48. The molecule has 4 heterocycles. The van der Waals surface area contributed by atoms with Crippen LogP contribution in [-0.4, -0.2) is 65.9 Å². The lowest BCUT2D eigenvalue weighted by molar-refractivity contribution is 0.0136. The Hall–Kier alpha value is -6.04. The number of likely N-dealkylation sites (tertiary alicyclic amines) is 1. The number of hydrogen-bond donors (Lipinski definition) is 2. The number of carbonyl (C=O) groups is 1. The summed E-state index contributed by atoms with van der Waals surface area (Å²) in [5, 5.41) is 24.4. The second kappa shape index (κ2) is 13.5. The van der Waals surface area contributed by atoms with E-state index >= 15 is 0 Å². The van der Waals surface area contributed by atoms with Crippen molar-refractivity contribution in [3.05, 3.63) is 97.0 Å². The van der Waals surface area contributed by atoms with Crippen molar-refractivity contribution < 1.29 is 24.1 Å². The number of nitrogens with zero attached hydrogens (tertiary/aromatic N) is 6. The van der Waals surface area contributed by atoms with Crippen molar-refractivity contribution in [1.29, 1.82) is 0 Å². The Morgan fingerprint density at radius 3 is 2.42 bits per heavy atom. The SMILES string of the molecule is COc1cc(O)ccc1CNc1ncc(-c2cnn(C)c2)c2c1c(-c1ccc(Oc3ccccc3)cc1)nn2C1CC2CC1N(C(=O)OC(C)(C)C)C2. The zero-order chi connectivity index (χ0) is 36.9. The molecule has 2 aliphatic rings. The van der Waals surface area contributed by atoms with E-state index in [1.807, 2.05) is 112 Å². The van der Waals surface area contributed by atoms with E-state index in [1.165, 1.54) is 0 Å². The Morgan fingerprint density at radius 2 is 1.72 bits per heavy atom. The lowest BCUT2D eigenvalue weighted by Crippen LogP contribution is -2.45. The van der Waals surface area contributed by atoms with Crippen LogP contribution in [0.2, 0.25) is 0 Å². The van der Waals surface area contributed by atoms with Crippen LogP contribution in [0, 0.1) is 5.92 Å². The van der Waals surface area contributed by atoms with Gasteiger partial charge in [-0.2, -0.15) is 10.2 Å². The van der Waals surface area contributed by atoms with Gasteiger partial charge in [0, 0.05) is 60.9 Å². The molecule has 2 fully saturated rings. The first-order valence-corrected chi connectivity index (χ1v) is 17.9. The molecule has 3 aromatic heterocycles. The number of pyridine rings is 1. The van der Waals surface area contributed by atoms with Gasteiger partial charge in [-0.1, -0.05) is 18.2 Å². The standard InChI is InChI=1S/C41H43N7O5/c1-41(2,3)53-40(50)47-23-25-17-33(47)34(18-25)48-38-32(28-21-44-46(4)24-28)22-43-39(42-20-27-11-14-29(49)19-35(27)51-5)36(38)37(45-48)26-12-15-31(16-13-26)52-30-9-7-6-8-10-30/h6-16,19,21-22,24-25,33-34,49H,17-18,20,23H2,1-5H3,(H,42,43). The molecule has 1 aliphatic heterocycles. The number of phenols is 1. The maximum atomic E-state index is 13.5. The third kappa shape index (κ3) is 6.72. The highest BCUT2D eigenvalue weighted by atomic mass is 16.6. The number of rotatable bonds is 9. The van der Waals surface area contributed by atoms with E-state index in [0.29, 0.717) is 36.3 Å². The molecule has 3 atom stereocenters. The Bertz CT molecular complexity index is 2280. The largest absolute Gasteiger partial charge is 0.508 e. The van der Waals surface area contributed by atoms with Gasteiger partial charge >= 0.3 is 6.09 Å². The Labute approximate surface area is 307 Å². The Kier molecular flexibility index (Phi) is 8.68. The van der Waals surface area contributed by atoms with E-state index in [2.05, 4.69) is 15.1 Å². The van der Waals surface area contributed by atoms with Gasteiger partial charge in [0.15, 0.2) is 0 Å². The molecular formula is C41H43N7O5. The summed E-state index contributed by atoms with van der Waals surface area (Å²) >= 11 is 0. The molecule has 6 aromatic rings. The molecule has 1 amide bonds. The lowest BCUT2D eigenvalue weighted by atomic mass is 10.0. The third-order valence-corrected chi connectivity index (χ3v) is 9.96. The maximum absolute atomic E-state index is 13.5. The van der Waals surface area contributed by atoms with Crippen molar-refractivity contribution in [2.45, 2.75) is 57.8 Å². The quantitative estimate of drug-likeness (QED) is 0.152. The number of aryl methyl sites for hydroxylation is 1. The van der Waals surface area contributed by atoms with Crippen LogP contribution in [0.4, 0.5) is 10.6 Å². The number of nitrogens with one attached hydrogen (secondary N) is 1. The molecule has 1 saturated heterocycles. The first-order chi connectivity index (χ1) is 25.5. The van der Waals surface area contributed by atoms with E-state index in [4.69, 9.17) is 24.3 Å². The zero-order valence-corrected chi connectivity index (χ0v) is 30.5. The maximum Gasteiger partial charge on any atom is 0.410 e. The summed E-state index contributed by atoms with van der Waals surface area (Å²) < 4.78 is 21.5. The second-order valence-corrected chi connectivity index (χ2v) is 14.8. The van der Waals surface area contributed by atoms with Crippen molar-refractivity contribution in [1.82, 2.24) is 29.4 Å². The second-order valence-electron chi connectivity index (χ2n) is 14.8. The first kappa shape index (κ1) is 34.1. The average molecular weight is 714 g/mol. The first-order valence-electron chi connectivity index (χ1n) is 17.9. The number of carbonyl (C=O) groups excluding carboxylic acids is 1. The van der Waals surface area contributed by atoms with Crippen molar-refractivity contribution in [3.8, 4) is 45.4 Å². The number of amides is 1. The third-order valence-electron chi connectivity index (χ3n) is 9.96. The fraction of sp³-hybridized carbons (Fsp3) is 0.317. The Morgan fingerprint density at radius 1 is 0.962 bits per heavy atom. The number of anilines is 1. The topological polar surface area (TPSA) is 129 Å². The summed E-state index contributed by atoms with van der Waals surface area (Å²) in [5.74, 6) is 3.12. The molecule has 272 valence electrons. The van der Waals surface area contributed by atoms with Gasteiger partial charge in [0.2, 0.25) is 0 Å². The molecule has 2 N–H and O–H groups in total. The van der Waals surface area contributed by atoms with Crippen molar-refractivity contribution in [3.63, 3.8) is 0 Å². The molecule has 12 nitrogen and oxygen atoms in total. The molecule has 8 rings (SSSR count). The van der Waals surface area contributed by atoms with Crippen LogP contribution < -0.4 is 14.8 Å². The Balaban J connectivity index is 1.28. The fourth-order valence-corrected chi connectivity index (χ4v) is 7.67. The number of piperidine rings is 1. The van der Waals surface area contributed by atoms with Gasteiger partial charge in [-0.05, 0) is 88.1 Å².